The van der Waals surface area contributed by atoms with Gasteiger partial charge < -0.3 is 14.5 Å². The zero-order chi connectivity index (χ0) is 22.2. The zero-order valence-electron chi connectivity index (χ0n) is 17.5. The number of pyridine rings is 1. The molecule has 3 aliphatic rings. The third-order valence-corrected chi connectivity index (χ3v) is 6.43. The van der Waals surface area contributed by atoms with E-state index in [4.69, 9.17) is 16.3 Å². The Bertz CT molecular complexity index is 1080. The number of amides is 3. The monoisotopic (exact) mass is 454 g/mol. The fourth-order valence-electron chi connectivity index (χ4n) is 4.48. The Morgan fingerprint density at radius 1 is 1.06 bits per heavy atom. The van der Waals surface area contributed by atoms with Crippen molar-refractivity contribution in [3.05, 3.63) is 58.2 Å². The molecular formula is C23H23ClN4O4. The second-order valence-corrected chi connectivity index (χ2v) is 8.60. The average molecular weight is 455 g/mol. The number of imide groups is 1. The summed E-state index contributed by atoms with van der Waals surface area (Å²) in [5.41, 5.74) is 1.06. The maximum Gasteiger partial charge on any atom is 0.261 e. The molecule has 9 heteroatoms. The number of rotatable bonds is 4. The molecule has 0 spiro atoms. The minimum Gasteiger partial charge on any atom is -0.376 e. The smallest absolute Gasteiger partial charge is 0.261 e. The first-order chi connectivity index (χ1) is 15.5. The molecule has 3 amide bonds. The number of fused-ring (bicyclic) bond motifs is 1. The van der Waals surface area contributed by atoms with Gasteiger partial charge in [-0.15, -0.1) is 0 Å². The summed E-state index contributed by atoms with van der Waals surface area (Å²) in [7, 11) is 0. The fourth-order valence-corrected chi connectivity index (χ4v) is 4.64. The van der Waals surface area contributed by atoms with Crippen molar-refractivity contribution in [2.45, 2.75) is 18.9 Å². The number of nitrogens with zero attached hydrogens (tertiary/aromatic N) is 4. The van der Waals surface area contributed by atoms with Gasteiger partial charge in [0.25, 0.3) is 17.7 Å². The van der Waals surface area contributed by atoms with Gasteiger partial charge in [-0.25, -0.2) is 4.98 Å². The van der Waals surface area contributed by atoms with Gasteiger partial charge in [-0.05, 0) is 43.2 Å². The van der Waals surface area contributed by atoms with E-state index >= 15 is 0 Å². The van der Waals surface area contributed by atoms with Gasteiger partial charge in [0.2, 0.25) is 0 Å². The normalized spacial score (nSPS) is 20.8. The van der Waals surface area contributed by atoms with Gasteiger partial charge in [0.1, 0.15) is 11.0 Å². The first kappa shape index (κ1) is 20.9. The first-order valence-electron chi connectivity index (χ1n) is 10.8. The molecule has 2 fully saturated rings. The Hall–Kier alpha value is -2.97. The molecule has 0 bridgehead atoms. The van der Waals surface area contributed by atoms with E-state index in [9.17, 15) is 14.4 Å². The Balaban J connectivity index is 1.27. The third-order valence-electron chi connectivity index (χ3n) is 6.22. The van der Waals surface area contributed by atoms with E-state index < -0.39 is 0 Å². The van der Waals surface area contributed by atoms with Crippen LogP contribution in [0.25, 0.3) is 0 Å². The van der Waals surface area contributed by atoms with Crippen molar-refractivity contribution >= 4 is 35.1 Å². The van der Waals surface area contributed by atoms with Crippen molar-refractivity contribution in [2.24, 2.45) is 0 Å². The highest BCUT2D eigenvalue weighted by Gasteiger charge is 2.38. The molecule has 4 heterocycles. The lowest BCUT2D eigenvalue weighted by molar-refractivity contribution is 0.0475. The van der Waals surface area contributed by atoms with Gasteiger partial charge >= 0.3 is 0 Å². The van der Waals surface area contributed by atoms with E-state index in [1.807, 2.05) is 12.1 Å². The van der Waals surface area contributed by atoms with Crippen LogP contribution in [0.2, 0.25) is 5.15 Å². The van der Waals surface area contributed by atoms with Crippen LogP contribution >= 0.6 is 11.6 Å². The lowest BCUT2D eigenvalue weighted by atomic mass is 10.0. The number of benzene rings is 1. The third kappa shape index (κ3) is 3.84. The molecule has 0 aliphatic carbocycles. The number of aromatic nitrogens is 1. The number of halogens is 1. The minimum absolute atomic E-state index is 0.108. The molecule has 1 atom stereocenters. The van der Waals surface area contributed by atoms with Gasteiger partial charge in [-0.3, -0.25) is 19.3 Å². The van der Waals surface area contributed by atoms with Gasteiger partial charge in [-0.2, -0.15) is 0 Å². The summed E-state index contributed by atoms with van der Waals surface area (Å²) in [5, 5.41) is 0.437. The van der Waals surface area contributed by atoms with Crippen LogP contribution in [0.3, 0.4) is 0 Å². The lowest BCUT2D eigenvalue weighted by Gasteiger charge is -2.35. The SMILES string of the molecule is O=C(c1ccc2c(c1)C(=O)N(CC1CCCO1)C2=O)N1CCN(c2cccc(Cl)n2)CC1. The summed E-state index contributed by atoms with van der Waals surface area (Å²) in [6, 6.07) is 10.3. The lowest BCUT2D eigenvalue weighted by Crippen LogP contribution is -2.49. The topological polar surface area (TPSA) is 83.0 Å². The Morgan fingerprint density at radius 2 is 1.84 bits per heavy atom. The molecule has 166 valence electrons. The van der Waals surface area contributed by atoms with Gasteiger partial charge in [0.05, 0.1) is 23.8 Å². The zero-order valence-corrected chi connectivity index (χ0v) is 18.3. The van der Waals surface area contributed by atoms with Gasteiger partial charge in [0.15, 0.2) is 0 Å². The minimum atomic E-state index is -0.355. The van der Waals surface area contributed by atoms with Crippen LogP contribution in [0, 0.1) is 0 Å². The van der Waals surface area contributed by atoms with Crippen LogP contribution < -0.4 is 4.90 Å². The van der Waals surface area contributed by atoms with Crippen molar-refractivity contribution in [3.63, 3.8) is 0 Å². The van der Waals surface area contributed by atoms with Crippen LogP contribution in [0.4, 0.5) is 5.82 Å². The van der Waals surface area contributed by atoms with Crippen LogP contribution in [-0.2, 0) is 4.74 Å². The van der Waals surface area contributed by atoms with Gasteiger partial charge in [0, 0.05) is 38.3 Å². The van der Waals surface area contributed by atoms with E-state index in [-0.39, 0.29) is 30.4 Å². The molecule has 1 aromatic carbocycles. The maximum atomic E-state index is 13.1. The summed E-state index contributed by atoms with van der Waals surface area (Å²) < 4.78 is 5.58. The molecule has 1 aromatic heterocycles. The molecule has 2 saturated heterocycles. The van der Waals surface area contributed by atoms with E-state index in [2.05, 4.69) is 9.88 Å². The van der Waals surface area contributed by atoms with Crippen LogP contribution in [0.1, 0.15) is 43.9 Å². The average Bonchev–Trinajstić information content (AvgIpc) is 3.41. The van der Waals surface area contributed by atoms with Crippen molar-refractivity contribution in [1.29, 1.82) is 0 Å². The highest BCUT2D eigenvalue weighted by Crippen LogP contribution is 2.27. The van der Waals surface area contributed by atoms with E-state index in [0.29, 0.717) is 54.6 Å². The molecule has 2 aromatic rings. The summed E-state index contributed by atoms with van der Waals surface area (Å²) in [4.78, 5) is 48.1. The number of carbonyl (C=O) groups excluding carboxylic acids is 3. The number of ether oxygens (including phenoxy) is 1. The van der Waals surface area contributed by atoms with Crippen molar-refractivity contribution < 1.29 is 19.1 Å². The fraction of sp³-hybridized carbons (Fsp3) is 0.391. The van der Waals surface area contributed by atoms with Crippen molar-refractivity contribution in [2.75, 3.05) is 44.2 Å². The summed E-state index contributed by atoms with van der Waals surface area (Å²) in [6.45, 7) is 3.25. The largest absolute Gasteiger partial charge is 0.376 e. The Kier molecular flexibility index (Phi) is 5.57. The van der Waals surface area contributed by atoms with E-state index in [1.165, 1.54) is 4.90 Å². The second kappa shape index (κ2) is 8.52. The molecule has 8 nitrogen and oxygen atoms in total. The van der Waals surface area contributed by atoms with E-state index in [1.54, 1.807) is 29.2 Å². The van der Waals surface area contributed by atoms with Gasteiger partial charge in [-0.1, -0.05) is 17.7 Å². The molecule has 0 radical (unpaired) electrons. The Labute approximate surface area is 190 Å². The van der Waals surface area contributed by atoms with E-state index in [0.717, 1.165) is 18.7 Å². The quantitative estimate of drug-likeness (QED) is 0.521. The summed E-state index contributed by atoms with van der Waals surface area (Å²) in [6.07, 6.45) is 1.67. The predicted octanol–water partition coefficient (Wildman–Crippen LogP) is 2.47. The molecule has 0 saturated carbocycles. The van der Waals surface area contributed by atoms with Crippen LogP contribution in [-0.4, -0.2) is 77.9 Å². The summed E-state index contributed by atoms with van der Waals surface area (Å²) in [5.74, 6) is -0.0314. The number of hydrogen-bond acceptors (Lipinski definition) is 6. The molecule has 1 unspecified atom stereocenters. The van der Waals surface area contributed by atoms with Crippen molar-refractivity contribution in [1.82, 2.24) is 14.8 Å². The standard InChI is InChI=1S/C23H23ClN4O4/c24-19-4-1-5-20(25-19)26-8-10-27(11-9-26)21(29)15-6-7-17-18(13-15)23(31)28(22(17)30)14-16-3-2-12-32-16/h1,4-7,13,16H,2-3,8-12,14H2. The highest BCUT2D eigenvalue weighted by molar-refractivity contribution is 6.29. The number of anilines is 1. The number of piperazine rings is 1. The summed E-state index contributed by atoms with van der Waals surface area (Å²) >= 11 is 5.99. The molecule has 5 rings (SSSR count). The van der Waals surface area contributed by atoms with Crippen LogP contribution in [0.5, 0.6) is 0 Å². The maximum absolute atomic E-state index is 13.1. The first-order valence-corrected chi connectivity index (χ1v) is 11.2. The van der Waals surface area contributed by atoms with Crippen LogP contribution in [0.15, 0.2) is 36.4 Å². The molecular weight excluding hydrogens is 432 g/mol. The number of hydrogen-bond donors (Lipinski definition) is 0. The second-order valence-electron chi connectivity index (χ2n) is 8.21. The highest BCUT2D eigenvalue weighted by atomic mass is 35.5. The predicted molar refractivity (Wildman–Crippen MR) is 118 cm³/mol. The molecule has 0 N–H and O–H groups in total. The molecule has 32 heavy (non-hydrogen) atoms. The van der Waals surface area contributed by atoms with Crippen molar-refractivity contribution in [3.8, 4) is 0 Å². The molecule has 3 aliphatic heterocycles. The number of carbonyl (C=O) groups is 3. The Morgan fingerprint density at radius 3 is 2.56 bits per heavy atom.